The van der Waals surface area contributed by atoms with Gasteiger partial charge >= 0.3 is 6.03 Å². The first kappa shape index (κ1) is 20.9. The molecule has 0 spiro atoms. The summed E-state index contributed by atoms with van der Waals surface area (Å²) in [7, 11) is 0. The lowest BCUT2D eigenvalue weighted by Crippen LogP contribution is -2.31. The van der Waals surface area contributed by atoms with Crippen molar-refractivity contribution < 1.29 is 27.2 Å². The zero-order valence-corrected chi connectivity index (χ0v) is 15.8. The van der Waals surface area contributed by atoms with Crippen molar-refractivity contribution in [2.75, 3.05) is 17.2 Å². The van der Waals surface area contributed by atoms with Crippen LogP contribution < -0.4 is 16.0 Å². The number of benzene rings is 2. The van der Waals surface area contributed by atoms with E-state index >= 15 is 0 Å². The number of hydrogen-bond donors (Lipinski definition) is 3. The Hall–Kier alpha value is -3.82. The fraction of sp³-hybridized carbons (Fsp3) is 0.150. The summed E-state index contributed by atoms with van der Waals surface area (Å²) in [5, 5.41) is 6.97. The van der Waals surface area contributed by atoms with Gasteiger partial charge in [0.1, 0.15) is 23.7 Å². The highest BCUT2D eigenvalue weighted by molar-refractivity contribution is 5.92. The van der Waals surface area contributed by atoms with E-state index in [2.05, 4.69) is 20.9 Å². The minimum atomic E-state index is -0.989. The molecule has 10 heteroatoms. The normalized spacial score (nSPS) is 10.5. The number of rotatable bonds is 6. The second kappa shape index (κ2) is 9.12. The molecule has 156 valence electrons. The first-order valence-corrected chi connectivity index (χ1v) is 8.83. The Labute approximate surface area is 169 Å². The third-order valence-electron chi connectivity index (χ3n) is 3.93. The maximum absolute atomic E-state index is 13.9. The Morgan fingerprint density at radius 1 is 1.00 bits per heavy atom. The molecule has 30 heavy (non-hydrogen) atoms. The number of amides is 3. The Kier molecular flexibility index (Phi) is 6.35. The molecule has 7 nitrogen and oxygen atoms in total. The highest BCUT2D eigenvalue weighted by Crippen LogP contribution is 2.23. The van der Waals surface area contributed by atoms with Gasteiger partial charge in [-0.15, -0.1) is 0 Å². The van der Waals surface area contributed by atoms with Crippen molar-refractivity contribution in [2.24, 2.45) is 0 Å². The van der Waals surface area contributed by atoms with Crippen LogP contribution >= 0.6 is 0 Å². The minimum absolute atomic E-state index is 0.155. The van der Waals surface area contributed by atoms with Crippen LogP contribution in [0, 0.1) is 17.5 Å². The molecule has 0 saturated carbocycles. The summed E-state index contributed by atoms with van der Waals surface area (Å²) in [6.07, 6.45) is 1.73. The average molecular weight is 418 g/mol. The molecule has 0 saturated heterocycles. The van der Waals surface area contributed by atoms with Gasteiger partial charge in [0.05, 0.1) is 17.1 Å². The van der Waals surface area contributed by atoms with Crippen LogP contribution in [0.15, 0.2) is 47.1 Å². The lowest BCUT2D eigenvalue weighted by atomic mass is 10.2. The van der Waals surface area contributed by atoms with Gasteiger partial charge in [0, 0.05) is 31.5 Å². The maximum atomic E-state index is 13.9. The van der Waals surface area contributed by atoms with Crippen molar-refractivity contribution in [1.29, 1.82) is 0 Å². The van der Waals surface area contributed by atoms with E-state index in [0.29, 0.717) is 29.6 Å². The molecule has 3 N–H and O–H groups in total. The highest BCUT2D eigenvalue weighted by Gasteiger charge is 2.13. The maximum Gasteiger partial charge on any atom is 0.319 e. The molecule has 2 aromatic carbocycles. The Morgan fingerprint density at radius 2 is 1.67 bits per heavy atom. The summed E-state index contributed by atoms with van der Waals surface area (Å²) in [6.45, 7) is 1.33. The van der Waals surface area contributed by atoms with Crippen LogP contribution in [0.3, 0.4) is 0 Å². The minimum Gasteiger partial charge on any atom is -0.444 e. The van der Waals surface area contributed by atoms with Crippen LogP contribution in [0.25, 0.3) is 11.5 Å². The Balaban J connectivity index is 1.54. The van der Waals surface area contributed by atoms with Crippen molar-refractivity contribution in [1.82, 2.24) is 10.3 Å². The predicted octanol–water partition coefficient (Wildman–Crippen LogP) is 4.08. The van der Waals surface area contributed by atoms with E-state index in [9.17, 15) is 22.8 Å². The molecule has 0 aliphatic carbocycles. The molecule has 0 aliphatic rings. The topological polar surface area (TPSA) is 96.3 Å². The zero-order chi connectivity index (χ0) is 21.7. The van der Waals surface area contributed by atoms with E-state index in [4.69, 9.17) is 4.42 Å². The van der Waals surface area contributed by atoms with E-state index in [1.54, 1.807) is 0 Å². The third kappa shape index (κ3) is 5.37. The van der Waals surface area contributed by atoms with Crippen LogP contribution in [0.2, 0.25) is 0 Å². The molecule has 0 radical (unpaired) electrons. The molecule has 0 fully saturated rings. The van der Waals surface area contributed by atoms with Crippen LogP contribution in [0.1, 0.15) is 12.6 Å². The molecule has 3 amide bonds. The molecule has 3 rings (SSSR count). The molecule has 3 aromatic rings. The van der Waals surface area contributed by atoms with Crippen LogP contribution in [-0.2, 0) is 11.2 Å². The van der Waals surface area contributed by atoms with Crippen molar-refractivity contribution in [2.45, 2.75) is 13.3 Å². The first-order chi connectivity index (χ1) is 14.3. The van der Waals surface area contributed by atoms with Crippen LogP contribution in [0.5, 0.6) is 0 Å². The van der Waals surface area contributed by atoms with Gasteiger partial charge in [0.2, 0.25) is 11.8 Å². The Bertz CT molecular complexity index is 1070. The van der Waals surface area contributed by atoms with Crippen molar-refractivity contribution >= 4 is 23.3 Å². The molecule has 0 bridgehead atoms. The number of nitrogens with zero attached hydrogens (tertiary/aromatic N) is 1. The molecular formula is C20H17F3N4O3. The van der Waals surface area contributed by atoms with Crippen LogP contribution in [0.4, 0.5) is 29.3 Å². The van der Waals surface area contributed by atoms with Gasteiger partial charge in [-0.1, -0.05) is 0 Å². The van der Waals surface area contributed by atoms with E-state index in [1.165, 1.54) is 37.5 Å². The van der Waals surface area contributed by atoms with E-state index < -0.39 is 23.6 Å². The SMILES string of the molecule is CC(=O)Nc1cc(NC(=O)NCCc2coc(-c3ccc(F)cc3)n2)c(F)cc1F. The predicted molar refractivity (Wildman–Crippen MR) is 103 cm³/mol. The number of aromatic nitrogens is 1. The summed E-state index contributed by atoms with van der Waals surface area (Å²) >= 11 is 0. The summed E-state index contributed by atoms with van der Waals surface area (Å²) in [5.41, 5.74) is 0.610. The fourth-order valence-corrected chi connectivity index (χ4v) is 2.55. The van der Waals surface area contributed by atoms with Crippen molar-refractivity contribution in [3.05, 3.63) is 65.8 Å². The summed E-state index contributed by atoms with van der Waals surface area (Å²) in [4.78, 5) is 27.3. The van der Waals surface area contributed by atoms with Gasteiger partial charge in [0.25, 0.3) is 0 Å². The smallest absolute Gasteiger partial charge is 0.319 e. The number of oxazole rings is 1. The number of carbonyl (C=O) groups excluding carboxylic acids is 2. The lowest BCUT2D eigenvalue weighted by Gasteiger charge is -2.11. The van der Waals surface area contributed by atoms with Gasteiger partial charge in [-0.05, 0) is 30.3 Å². The highest BCUT2D eigenvalue weighted by atomic mass is 19.1. The van der Waals surface area contributed by atoms with Gasteiger partial charge in [0.15, 0.2) is 0 Å². The van der Waals surface area contributed by atoms with Crippen molar-refractivity contribution in [3.8, 4) is 11.5 Å². The van der Waals surface area contributed by atoms with Crippen molar-refractivity contribution in [3.63, 3.8) is 0 Å². The number of urea groups is 1. The van der Waals surface area contributed by atoms with E-state index in [0.717, 1.165) is 6.07 Å². The quantitative estimate of drug-likeness (QED) is 0.562. The molecular weight excluding hydrogens is 401 g/mol. The number of anilines is 2. The van der Waals surface area contributed by atoms with E-state index in [-0.39, 0.29) is 23.7 Å². The molecule has 1 aromatic heterocycles. The molecule has 1 heterocycles. The largest absolute Gasteiger partial charge is 0.444 e. The first-order valence-electron chi connectivity index (χ1n) is 8.83. The number of nitrogens with one attached hydrogen (secondary N) is 3. The second-order valence-corrected chi connectivity index (χ2v) is 6.27. The summed E-state index contributed by atoms with van der Waals surface area (Å²) in [6, 6.07) is 6.46. The monoisotopic (exact) mass is 418 g/mol. The third-order valence-corrected chi connectivity index (χ3v) is 3.93. The fourth-order valence-electron chi connectivity index (χ4n) is 2.55. The summed E-state index contributed by atoms with van der Waals surface area (Å²) in [5.74, 6) is -2.55. The van der Waals surface area contributed by atoms with Gasteiger partial charge in [-0.25, -0.2) is 22.9 Å². The lowest BCUT2D eigenvalue weighted by molar-refractivity contribution is -0.114. The van der Waals surface area contributed by atoms with Gasteiger partial charge < -0.3 is 20.4 Å². The standard InChI is InChI=1S/C20H17F3N4O3/c1-11(28)25-17-9-18(16(23)8-15(17)22)27-20(29)24-7-6-14-10-30-19(26-14)12-2-4-13(21)5-3-12/h2-5,8-10H,6-7H2,1H3,(H,25,28)(H2,24,27,29). The Morgan fingerprint density at radius 3 is 2.33 bits per heavy atom. The van der Waals surface area contributed by atoms with Crippen LogP contribution in [-0.4, -0.2) is 23.5 Å². The van der Waals surface area contributed by atoms with Gasteiger partial charge in [-0.3, -0.25) is 4.79 Å². The number of hydrogen-bond acceptors (Lipinski definition) is 4. The second-order valence-electron chi connectivity index (χ2n) is 6.27. The number of carbonyl (C=O) groups is 2. The molecule has 0 unspecified atom stereocenters. The molecule has 0 aliphatic heterocycles. The molecule has 0 atom stereocenters. The number of halogens is 3. The zero-order valence-electron chi connectivity index (χ0n) is 15.8. The average Bonchev–Trinajstić information content (AvgIpc) is 3.14. The van der Waals surface area contributed by atoms with Gasteiger partial charge in [-0.2, -0.15) is 0 Å². The van der Waals surface area contributed by atoms with E-state index in [1.807, 2.05) is 0 Å². The summed E-state index contributed by atoms with van der Waals surface area (Å²) < 4.78 is 45.8.